The topological polar surface area (TPSA) is 29.3 Å². The Kier molecular flexibility index (Phi) is 2.90. The highest BCUT2D eigenvalue weighted by Crippen LogP contribution is 2.35. The predicted octanol–water partition coefficient (Wildman–Crippen LogP) is 1.21. The number of hydrogen-bond acceptors (Lipinski definition) is 2. The van der Waals surface area contributed by atoms with Gasteiger partial charge < -0.3 is 10.6 Å². The zero-order chi connectivity index (χ0) is 8.32. The van der Waals surface area contributed by atoms with Gasteiger partial charge in [0.1, 0.15) is 0 Å². The zero-order valence-corrected chi connectivity index (χ0v) is 7.77. The maximum atomic E-state index is 5.98. The van der Waals surface area contributed by atoms with Gasteiger partial charge in [0.25, 0.3) is 0 Å². The molecule has 0 aromatic heterocycles. The molecule has 0 bridgehead atoms. The molecule has 1 rings (SSSR count). The third-order valence-corrected chi connectivity index (χ3v) is 2.71. The fourth-order valence-corrected chi connectivity index (χ4v) is 1.33. The van der Waals surface area contributed by atoms with Crippen molar-refractivity contribution >= 4 is 0 Å². The van der Waals surface area contributed by atoms with Crippen molar-refractivity contribution in [2.75, 3.05) is 19.6 Å². The average Bonchev–Trinajstić information content (AvgIpc) is 2.71. The fraction of sp³-hybridized carbons (Fsp3) is 1.00. The molecule has 66 valence electrons. The molecule has 2 heteroatoms. The Morgan fingerprint density at radius 1 is 1.27 bits per heavy atom. The molecular formula is C9H20N2. The van der Waals surface area contributed by atoms with E-state index in [1.165, 1.54) is 25.8 Å². The summed E-state index contributed by atoms with van der Waals surface area (Å²) < 4.78 is 0. The largest absolute Gasteiger partial charge is 0.325 e. The first-order valence-electron chi connectivity index (χ1n) is 4.71. The molecule has 11 heavy (non-hydrogen) atoms. The molecule has 0 atom stereocenters. The summed E-state index contributed by atoms with van der Waals surface area (Å²) in [5.74, 6) is 0. The molecule has 0 radical (unpaired) electrons. The Labute approximate surface area is 69.8 Å². The Morgan fingerprint density at radius 3 is 2.18 bits per heavy atom. The molecule has 1 aliphatic rings. The number of nitrogens with zero attached hydrogens (tertiary/aromatic N) is 1. The minimum atomic E-state index is 0.239. The summed E-state index contributed by atoms with van der Waals surface area (Å²) in [5, 5.41) is 0. The molecular weight excluding hydrogens is 136 g/mol. The SMILES string of the molecule is CCN(CC)CCC1(N)CC1. The van der Waals surface area contributed by atoms with Crippen LogP contribution >= 0.6 is 0 Å². The molecule has 1 aliphatic carbocycles. The lowest BCUT2D eigenvalue weighted by molar-refractivity contribution is 0.287. The Balaban J connectivity index is 2.09. The summed E-state index contributed by atoms with van der Waals surface area (Å²) >= 11 is 0. The van der Waals surface area contributed by atoms with Crippen LogP contribution in [0.4, 0.5) is 0 Å². The van der Waals surface area contributed by atoms with E-state index in [0.717, 1.165) is 13.1 Å². The van der Waals surface area contributed by atoms with Crippen LogP contribution in [-0.4, -0.2) is 30.1 Å². The van der Waals surface area contributed by atoms with E-state index >= 15 is 0 Å². The smallest absolute Gasteiger partial charge is 0.0167 e. The second-order valence-electron chi connectivity index (χ2n) is 3.64. The van der Waals surface area contributed by atoms with Gasteiger partial charge in [-0.25, -0.2) is 0 Å². The maximum Gasteiger partial charge on any atom is 0.0167 e. The van der Waals surface area contributed by atoms with Gasteiger partial charge in [-0.3, -0.25) is 0 Å². The molecule has 1 saturated carbocycles. The summed E-state index contributed by atoms with van der Waals surface area (Å²) in [6.45, 7) is 7.92. The molecule has 0 amide bonds. The van der Waals surface area contributed by atoms with Crippen LogP contribution in [0.15, 0.2) is 0 Å². The van der Waals surface area contributed by atoms with Crippen LogP contribution < -0.4 is 5.73 Å². The molecule has 0 unspecified atom stereocenters. The van der Waals surface area contributed by atoms with Crippen LogP contribution in [0.5, 0.6) is 0 Å². The first-order chi connectivity index (χ1) is 5.20. The lowest BCUT2D eigenvalue weighted by Crippen LogP contribution is -2.31. The molecule has 2 nitrogen and oxygen atoms in total. The predicted molar refractivity (Wildman–Crippen MR) is 48.6 cm³/mol. The quantitative estimate of drug-likeness (QED) is 0.648. The van der Waals surface area contributed by atoms with Crippen molar-refractivity contribution in [1.82, 2.24) is 4.90 Å². The molecule has 0 aliphatic heterocycles. The third kappa shape index (κ3) is 2.80. The van der Waals surface area contributed by atoms with Gasteiger partial charge in [-0.2, -0.15) is 0 Å². The Morgan fingerprint density at radius 2 is 1.82 bits per heavy atom. The van der Waals surface area contributed by atoms with Crippen LogP contribution in [0.25, 0.3) is 0 Å². The maximum absolute atomic E-state index is 5.98. The number of nitrogens with two attached hydrogens (primary N) is 1. The highest BCUT2D eigenvalue weighted by Gasteiger charge is 2.37. The number of hydrogen-bond donors (Lipinski definition) is 1. The average molecular weight is 156 g/mol. The third-order valence-electron chi connectivity index (χ3n) is 2.71. The van der Waals surface area contributed by atoms with Crippen LogP contribution in [0.2, 0.25) is 0 Å². The first kappa shape index (κ1) is 9.01. The standard InChI is InChI=1S/C9H20N2/c1-3-11(4-2)8-7-9(10)5-6-9/h3-8,10H2,1-2H3. The first-order valence-corrected chi connectivity index (χ1v) is 4.71. The monoisotopic (exact) mass is 156 g/mol. The molecule has 1 fully saturated rings. The lowest BCUT2D eigenvalue weighted by Gasteiger charge is -2.19. The van der Waals surface area contributed by atoms with Gasteiger partial charge in [-0.05, 0) is 38.9 Å². The van der Waals surface area contributed by atoms with Crippen molar-refractivity contribution in [1.29, 1.82) is 0 Å². The van der Waals surface area contributed by atoms with Crippen LogP contribution in [-0.2, 0) is 0 Å². The molecule has 0 aromatic carbocycles. The number of rotatable bonds is 5. The van der Waals surface area contributed by atoms with Gasteiger partial charge in [0.2, 0.25) is 0 Å². The van der Waals surface area contributed by atoms with E-state index in [1.54, 1.807) is 0 Å². The minimum Gasteiger partial charge on any atom is -0.325 e. The summed E-state index contributed by atoms with van der Waals surface area (Å²) in [4.78, 5) is 2.44. The van der Waals surface area contributed by atoms with E-state index in [9.17, 15) is 0 Å². The second-order valence-corrected chi connectivity index (χ2v) is 3.64. The zero-order valence-electron chi connectivity index (χ0n) is 7.77. The molecule has 0 heterocycles. The van der Waals surface area contributed by atoms with E-state index in [2.05, 4.69) is 18.7 Å². The van der Waals surface area contributed by atoms with E-state index in [4.69, 9.17) is 5.73 Å². The van der Waals surface area contributed by atoms with E-state index < -0.39 is 0 Å². The fourth-order valence-electron chi connectivity index (χ4n) is 1.33. The van der Waals surface area contributed by atoms with Crippen molar-refractivity contribution in [2.45, 2.75) is 38.6 Å². The highest BCUT2D eigenvalue weighted by atomic mass is 15.1. The normalized spacial score (nSPS) is 20.7. The van der Waals surface area contributed by atoms with Crippen LogP contribution in [0.1, 0.15) is 33.1 Å². The van der Waals surface area contributed by atoms with Gasteiger partial charge >= 0.3 is 0 Å². The van der Waals surface area contributed by atoms with Crippen molar-refractivity contribution in [2.24, 2.45) is 5.73 Å². The Bertz CT molecular complexity index is 115. The summed E-state index contributed by atoms with van der Waals surface area (Å²) in [6, 6.07) is 0. The van der Waals surface area contributed by atoms with Crippen molar-refractivity contribution in [3.63, 3.8) is 0 Å². The van der Waals surface area contributed by atoms with E-state index in [1.807, 2.05) is 0 Å². The molecule has 0 spiro atoms. The summed E-state index contributed by atoms with van der Waals surface area (Å²) in [6.07, 6.45) is 3.68. The van der Waals surface area contributed by atoms with Crippen LogP contribution in [0, 0.1) is 0 Å². The lowest BCUT2D eigenvalue weighted by atomic mass is 10.2. The molecule has 0 aromatic rings. The van der Waals surface area contributed by atoms with E-state index in [-0.39, 0.29) is 5.54 Å². The minimum absolute atomic E-state index is 0.239. The van der Waals surface area contributed by atoms with Gasteiger partial charge in [-0.1, -0.05) is 13.8 Å². The highest BCUT2D eigenvalue weighted by molar-refractivity contribution is 4.98. The van der Waals surface area contributed by atoms with Gasteiger partial charge in [0.05, 0.1) is 0 Å². The van der Waals surface area contributed by atoms with E-state index in [0.29, 0.717) is 0 Å². The summed E-state index contributed by atoms with van der Waals surface area (Å²) in [7, 11) is 0. The van der Waals surface area contributed by atoms with Crippen molar-refractivity contribution < 1.29 is 0 Å². The van der Waals surface area contributed by atoms with Gasteiger partial charge in [0, 0.05) is 5.54 Å². The van der Waals surface area contributed by atoms with Crippen molar-refractivity contribution in [3.8, 4) is 0 Å². The van der Waals surface area contributed by atoms with Gasteiger partial charge in [0.15, 0.2) is 0 Å². The Hall–Kier alpha value is -0.0800. The van der Waals surface area contributed by atoms with Crippen molar-refractivity contribution in [3.05, 3.63) is 0 Å². The molecule has 2 N–H and O–H groups in total. The van der Waals surface area contributed by atoms with Gasteiger partial charge in [-0.15, -0.1) is 0 Å². The second kappa shape index (κ2) is 3.55. The van der Waals surface area contributed by atoms with Crippen LogP contribution in [0.3, 0.4) is 0 Å². The summed E-state index contributed by atoms with van der Waals surface area (Å²) in [5.41, 5.74) is 6.22. The molecule has 0 saturated heterocycles.